The first-order valence-electron chi connectivity index (χ1n) is 5.42. The second kappa shape index (κ2) is 5.27. The number of aromatic nitrogens is 2. The summed E-state index contributed by atoms with van der Waals surface area (Å²) in [5, 5.41) is 14.0. The quantitative estimate of drug-likeness (QED) is 0.435. The summed E-state index contributed by atoms with van der Waals surface area (Å²) in [5.74, 6) is 5.25. The molecule has 0 radical (unpaired) electrons. The molecule has 0 aliphatic carbocycles. The molecule has 2 rings (SSSR count). The highest BCUT2D eigenvalue weighted by Gasteiger charge is 2.22. The maximum Gasteiger partial charge on any atom is 0.354 e. The van der Waals surface area contributed by atoms with Crippen LogP contribution in [-0.2, 0) is 0 Å². The van der Waals surface area contributed by atoms with E-state index in [0.717, 1.165) is 11.3 Å². The van der Waals surface area contributed by atoms with Crippen LogP contribution in [0.5, 0.6) is 0 Å². The molecule has 0 atom stereocenters. The smallest absolute Gasteiger partial charge is 0.334 e. The molecule has 0 bridgehead atoms. The monoisotopic (exact) mass is 260 g/mol. The van der Waals surface area contributed by atoms with E-state index in [-0.39, 0.29) is 17.3 Å². The lowest BCUT2D eigenvalue weighted by Gasteiger charge is -2.09. The van der Waals surface area contributed by atoms with Gasteiger partial charge in [0.1, 0.15) is 6.33 Å². The number of rotatable bonds is 4. The number of anilines is 3. The second-order valence-electron chi connectivity index (χ2n) is 3.76. The van der Waals surface area contributed by atoms with Crippen molar-refractivity contribution in [1.82, 2.24) is 9.97 Å². The summed E-state index contributed by atoms with van der Waals surface area (Å²) in [6.45, 7) is 1.89. The molecule has 0 unspecified atom stereocenters. The molecular weight excluding hydrogens is 248 g/mol. The molecule has 0 fully saturated rings. The number of hydrogen-bond acceptors (Lipinski definition) is 7. The third-order valence-electron chi connectivity index (χ3n) is 2.54. The minimum Gasteiger partial charge on any atom is -0.334 e. The van der Waals surface area contributed by atoms with Gasteiger partial charge in [-0.2, -0.15) is 0 Å². The average molecular weight is 260 g/mol. The van der Waals surface area contributed by atoms with Crippen LogP contribution >= 0.6 is 0 Å². The van der Waals surface area contributed by atoms with Gasteiger partial charge in [-0.05, 0) is 18.6 Å². The number of hydrazine groups is 1. The van der Waals surface area contributed by atoms with Gasteiger partial charge in [-0.15, -0.1) is 0 Å². The maximum absolute atomic E-state index is 11.1. The van der Waals surface area contributed by atoms with E-state index in [4.69, 9.17) is 5.84 Å². The number of nitrogens with two attached hydrogens (primary N) is 1. The highest BCUT2D eigenvalue weighted by molar-refractivity contribution is 5.74. The predicted octanol–water partition coefficient (Wildman–Crippen LogP) is 1.72. The van der Waals surface area contributed by atoms with Crippen LogP contribution in [0.3, 0.4) is 0 Å². The molecule has 0 aliphatic rings. The first-order valence-corrected chi connectivity index (χ1v) is 5.42. The van der Waals surface area contributed by atoms with Gasteiger partial charge in [0.15, 0.2) is 0 Å². The molecule has 1 heterocycles. The van der Waals surface area contributed by atoms with Crippen LogP contribution in [0.15, 0.2) is 30.6 Å². The van der Waals surface area contributed by atoms with Crippen molar-refractivity contribution in [1.29, 1.82) is 0 Å². The van der Waals surface area contributed by atoms with Gasteiger partial charge in [0.25, 0.3) is 0 Å². The van der Waals surface area contributed by atoms with Gasteiger partial charge >= 0.3 is 5.69 Å². The fourth-order valence-corrected chi connectivity index (χ4v) is 1.59. The lowest BCUT2D eigenvalue weighted by molar-refractivity contribution is -0.383. The molecule has 2 aromatic rings. The van der Waals surface area contributed by atoms with E-state index >= 15 is 0 Å². The van der Waals surface area contributed by atoms with E-state index in [1.54, 1.807) is 6.07 Å². The Kier molecular flexibility index (Phi) is 3.53. The molecule has 8 nitrogen and oxygen atoms in total. The fourth-order valence-electron chi connectivity index (χ4n) is 1.59. The van der Waals surface area contributed by atoms with Gasteiger partial charge in [-0.3, -0.25) is 10.1 Å². The van der Waals surface area contributed by atoms with Gasteiger partial charge in [0.05, 0.1) is 4.92 Å². The summed E-state index contributed by atoms with van der Waals surface area (Å²) in [6.07, 6.45) is 1.20. The first-order chi connectivity index (χ1) is 9.13. The zero-order valence-corrected chi connectivity index (χ0v) is 10.1. The van der Waals surface area contributed by atoms with Crippen molar-refractivity contribution in [2.45, 2.75) is 6.92 Å². The molecule has 98 valence electrons. The van der Waals surface area contributed by atoms with Crippen molar-refractivity contribution in [2.75, 3.05) is 10.7 Å². The Labute approximate surface area is 108 Å². The summed E-state index contributed by atoms with van der Waals surface area (Å²) in [6, 6.07) is 7.39. The Morgan fingerprint density at radius 3 is 2.58 bits per heavy atom. The van der Waals surface area contributed by atoms with Gasteiger partial charge in [0, 0.05) is 5.69 Å². The summed E-state index contributed by atoms with van der Waals surface area (Å²) >= 11 is 0. The van der Waals surface area contributed by atoms with Crippen LogP contribution < -0.4 is 16.6 Å². The zero-order chi connectivity index (χ0) is 13.8. The zero-order valence-electron chi connectivity index (χ0n) is 10.1. The molecule has 8 heteroatoms. The SMILES string of the molecule is Cc1ccccc1Nc1ncnc(NN)c1[N+](=O)[O-]. The van der Waals surface area contributed by atoms with E-state index in [1.165, 1.54) is 6.33 Å². The highest BCUT2D eigenvalue weighted by atomic mass is 16.6. The van der Waals surface area contributed by atoms with Crippen LogP contribution in [0.4, 0.5) is 23.0 Å². The number of hydrogen-bond donors (Lipinski definition) is 3. The third kappa shape index (κ3) is 2.58. The highest BCUT2D eigenvalue weighted by Crippen LogP contribution is 2.31. The maximum atomic E-state index is 11.1. The molecule has 1 aromatic heterocycles. The van der Waals surface area contributed by atoms with E-state index in [0.29, 0.717) is 0 Å². The standard InChI is InChI=1S/C11H12N6O2/c1-7-4-2-3-5-8(7)15-10-9(17(18)19)11(16-12)14-6-13-10/h2-6H,12H2,1H3,(H2,13,14,15,16). The van der Waals surface area contributed by atoms with Gasteiger partial charge in [-0.1, -0.05) is 18.2 Å². The van der Waals surface area contributed by atoms with Gasteiger partial charge < -0.3 is 10.7 Å². The number of aryl methyl sites for hydroxylation is 1. The third-order valence-corrected chi connectivity index (χ3v) is 2.54. The number of nitro groups is 1. The normalized spacial score (nSPS) is 10.0. The Morgan fingerprint density at radius 2 is 1.95 bits per heavy atom. The first kappa shape index (κ1) is 12.7. The minimum atomic E-state index is -0.587. The topological polar surface area (TPSA) is 119 Å². The van der Waals surface area contributed by atoms with Crippen LogP contribution in [0, 0.1) is 17.0 Å². The molecule has 0 spiro atoms. The molecule has 0 amide bonds. The van der Waals surface area contributed by atoms with E-state index in [9.17, 15) is 10.1 Å². The summed E-state index contributed by atoms with van der Waals surface area (Å²) in [7, 11) is 0. The Bertz CT molecular complexity index is 616. The Balaban J connectivity index is 2.46. The van der Waals surface area contributed by atoms with Crippen molar-refractivity contribution in [3.8, 4) is 0 Å². The van der Waals surface area contributed by atoms with Crippen LogP contribution in [0.25, 0.3) is 0 Å². The van der Waals surface area contributed by atoms with Gasteiger partial charge in [-0.25, -0.2) is 15.8 Å². The molecule has 19 heavy (non-hydrogen) atoms. The largest absolute Gasteiger partial charge is 0.354 e. The summed E-state index contributed by atoms with van der Waals surface area (Å²) < 4.78 is 0. The summed E-state index contributed by atoms with van der Waals surface area (Å²) in [4.78, 5) is 18.1. The molecule has 1 aromatic carbocycles. The molecule has 0 saturated heterocycles. The Hall–Kier alpha value is -2.74. The number of para-hydroxylation sites is 1. The lowest BCUT2D eigenvalue weighted by Crippen LogP contribution is -2.12. The number of nitrogens with zero attached hydrogens (tertiary/aromatic N) is 3. The number of nitrogen functional groups attached to an aromatic ring is 1. The molecule has 0 aliphatic heterocycles. The second-order valence-corrected chi connectivity index (χ2v) is 3.76. The average Bonchev–Trinajstić information content (AvgIpc) is 2.40. The van der Waals surface area contributed by atoms with Crippen molar-refractivity contribution < 1.29 is 4.92 Å². The summed E-state index contributed by atoms with van der Waals surface area (Å²) in [5.41, 5.74) is 3.56. The number of benzene rings is 1. The van der Waals surface area contributed by atoms with Crippen molar-refractivity contribution in [3.05, 3.63) is 46.3 Å². The molecule has 4 N–H and O–H groups in total. The van der Waals surface area contributed by atoms with E-state index in [2.05, 4.69) is 20.7 Å². The fraction of sp³-hybridized carbons (Fsp3) is 0.0909. The number of nitrogens with one attached hydrogen (secondary N) is 2. The van der Waals surface area contributed by atoms with Crippen molar-refractivity contribution >= 4 is 23.0 Å². The molecular formula is C11H12N6O2. The minimum absolute atomic E-state index is 0.0453. The van der Waals surface area contributed by atoms with Crippen LogP contribution in [0.1, 0.15) is 5.56 Å². The van der Waals surface area contributed by atoms with E-state index < -0.39 is 4.92 Å². The van der Waals surface area contributed by atoms with E-state index in [1.807, 2.05) is 25.1 Å². The van der Waals surface area contributed by atoms with Crippen LogP contribution in [-0.4, -0.2) is 14.9 Å². The Morgan fingerprint density at radius 1 is 1.26 bits per heavy atom. The predicted molar refractivity (Wildman–Crippen MR) is 71.0 cm³/mol. The van der Waals surface area contributed by atoms with Crippen molar-refractivity contribution in [2.24, 2.45) is 5.84 Å². The lowest BCUT2D eigenvalue weighted by atomic mass is 10.2. The molecule has 0 saturated carbocycles. The van der Waals surface area contributed by atoms with Crippen LogP contribution in [0.2, 0.25) is 0 Å². The van der Waals surface area contributed by atoms with Gasteiger partial charge in [0.2, 0.25) is 11.6 Å². The van der Waals surface area contributed by atoms with Crippen molar-refractivity contribution in [3.63, 3.8) is 0 Å².